The molecule has 0 aromatic carbocycles. The smallest absolute Gasteiger partial charge is 0.306 e. The van der Waals surface area contributed by atoms with Gasteiger partial charge in [0, 0.05) is 18.3 Å². The molecule has 0 aliphatic heterocycles. The summed E-state index contributed by atoms with van der Waals surface area (Å²) in [6, 6.07) is 3.40. The minimum atomic E-state index is -0.741. The number of carbonyl (C=O) groups is 2. The van der Waals surface area contributed by atoms with Gasteiger partial charge in [-0.05, 0) is 45.6 Å². The highest BCUT2D eigenvalue weighted by molar-refractivity contribution is 5.94. The molecule has 1 aliphatic carbocycles. The molecule has 1 aromatic heterocycles. The molecule has 0 spiro atoms. The molecule has 22 heavy (non-hydrogen) atoms. The van der Waals surface area contributed by atoms with Crippen LogP contribution < -0.4 is 10.1 Å². The molecule has 0 radical (unpaired) electrons. The molecule has 1 aromatic rings. The van der Waals surface area contributed by atoms with Crippen LogP contribution in [-0.4, -0.2) is 34.1 Å². The average Bonchev–Trinajstić information content (AvgIpc) is 2.48. The average molecular weight is 306 g/mol. The third-order valence-corrected chi connectivity index (χ3v) is 3.77. The van der Waals surface area contributed by atoms with E-state index in [0.29, 0.717) is 37.1 Å². The van der Waals surface area contributed by atoms with Crippen LogP contribution in [0.1, 0.15) is 49.9 Å². The molecule has 0 saturated heterocycles. The van der Waals surface area contributed by atoms with Crippen LogP contribution in [0.5, 0.6) is 5.88 Å². The summed E-state index contributed by atoms with van der Waals surface area (Å²) in [5, 5.41) is 11.9. The van der Waals surface area contributed by atoms with Crippen molar-refractivity contribution in [1.82, 2.24) is 10.3 Å². The first-order valence-corrected chi connectivity index (χ1v) is 7.62. The van der Waals surface area contributed by atoms with E-state index in [1.165, 1.54) is 6.20 Å². The number of aliphatic carboxylic acids is 1. The maximum absolute atomic E-state index is 12.2. The van der Waals surface area contributed by atoms with Crippen molar-refractivity contribution in [2.45, 2.75) is 51.7 Å². The topological polar surface area (TPSA) is 88.5 Å². The fourth-order valence-corrected chi connectivity index (χ4v) is 2.58. The van der Waals surface area contributed by atoms with Crippen LogP contribution in [0.25, 0.3) is 0 Å². The predicted octanol–water partition coefficient (Wildman–Crippen LogP) is 2.24. The summed E-state index contributed by atoms with van der Waals surface area (Å²) in [6.07, 6.45) is 4.15. The van der Waals surface area contributed by atoms with E-state index in [2.05, 4.69) is 10.3 Å². The zero-order chi connectivity index (χ0) is 16.1. The number of carboxylic acids is 1. The normalized spacial score (nSPS) is 21.4. The van der Waals surface area contributed by atoms with E-state index in [9.17, 15) is 9.59 Å². The van der Waals surface area contributed by atoms with Crippen molar-refractivity contribution >= 4 is 11.9 Å². The minimum Gasteiger partial charge on any atom is -0.481 e. The van der Waals surface area contributed by atoms with Crippen molar-refractivity contribution in [2.75, 3.05) is 0 Å². The van der Waals surface area contributed by atoms with E-state index >= 15 is 0 Å². The van der Waals surface area contributed by atoms with E-state index in [1.54, 1.807) is 12.1 Å². The molecule has 0 unspecified atom stereocenters. The summed E-state index contributed by atoms with van der Waals surface area (Å²) in [7, 11) is 0. The van der Waals surface area contributed by atoms with Gasteiger partial charge in [0.2, 0.25) is 5.88 Å². The van der Waals surface area contributed by atoms with Gasteiger partial charge in [-0.25, -0.2) is 4.98 Å². The van der Waals surface area contributed by atoms with E-state index in [0.717, 1.165) is 0 Å². The number of hydrogen-bond donors (Lipinski definition) is 2. The zero-order valence-electron chi connectivity index (χ0n) is 12.9. The van der Waals surface area contributed by atoms with Gasteiger partial charge < -0.3 is 15.2 Å². The van der Waals surface area contributed by atoms with Gasteiger partial charge in [-0.3, -0.25) is 9.59 Å². The van der Waals surface area contributed by atoms with Crippen LogP contribution in [0, 0.1) is 5.92 Å². The number of carboxylic acid groups (broad SMARTS) is 1. The lowest BCUT2D eigenvalue weighted by Gasteiger charge is -2.26. The Bertz CT molecular complexity index is 519. The second-order valence-electron chi connectivity index (χ2n) is 5.91. The Morgan fingerprint density at radius 2 is 1.95 bits per heavy atom. The summed E-state index contributed by atoms with van der Waals surface area (Å²) in [4.78, 5) is 27.2. The van der Waals surface area contributed by atoms with Gasteiger partial charge in [0.05, 0.1) is 17.6 Å². The first kappa shape index (κ1) is 16.3. The third-order valence-electron chi connectivity index (χ3n) is 3.77. The molecular formula is C16H22N2O4. The SMILES string of the molecule is CC(C)Oc1ccc(C(=O)NC2CCC(C(=O)O)CC2)cn1. The number of rotatable bonds is 5. The third kappa shape index (κ3) is 4.44. The van der Waals surface area contributed by atoms with Crippen LogP contribution in [0.15, 0.2) is 18.3 Å². The Kier molecular flexibility index (Phi) is 5.35. The zero-order valence-corrected chi connectivity index (χ0v) is 12.9. The molecule has 120 valence electrons. The molecule has 1 saturated carbocycles. The molecule has 6 heteroatoms. The Morgan fingerprint density at radius 1 is 1.27 bits per heavy atom. The molecule has 0 bridgehead atoms. The highest BCUT2D eigenvalue weighted by Gasteiger charge is 2.26. The summed E-state index contributed by atoms with van der Waals surface area (Å²) < 4.78 is 5.43. The van der Waals surface area contributed by atoms with Crippen LogP contribution in [0.2, 0.25) is 0 Å². The van der Waals surface area contributed by atoms with Gasteiger partial charge in [0.15, 0.2) is 0 Å². The van der Waals surface area contributed by atoms with Gasteiger partial charge in [-0.2, -0.15) is 0 Å². The molecule has 1 fully saturated rings. The summed E-state index contributed by atoms with van der Waals surface area (Å²) in [6.45, 7) is 3.82. The minimum absolute atomic E-state index is 0.0368. The van der Waals surface area contributed by atoms with E-state index in [-0.39, 0.29) is 24.0 Å². The van der Waals surface area contributed by atoms with Crippen molar-refractivity contribution in [3.05, 3.63) is 23.9 Å². The largest absolute Gasteiger partial charge is 0.481 e. The Hall–Kier alpha value is -2.11. The van der Waals surface area contributed by atoms with Gasteiger partial charge in [-0.15, -0.1) is 0 Å². The van der Waals surface area contributed by atoms with Gasteiger partial charge in [0.25, 0.3) is 5.91 Å². The Balaban J connectivity index is 1.86. The molecule has 1 aliphatic rings. The van der Waals surface area contributed by atoms with Crippen molar-refractivity contribution in [3.8, 4) is 5.88 Å². The molecule has 0 atom stereocenters. The van der Waals surface area contributed by atoms with Crippen LogP contribution >= 0.6 is 0 Å². The second kappa shape index (κ2) is 7.24. The van der Waals surface area contributed by atoms with E-state index < -0.39 is 5.97 Å². The van der Waals surface area contributed by atoms with Crippen molar-refractivity contribution < 1.29 is 19.4 Å². The van der Waals surface area contributed by atoms with Gasteiger partial charge >= 0.3 is 5.97 Å². The lowest BCUT2D eigenvalue weighted by atomic mass is 9.86. The molecule has 2 rings (SSSR count). The highest BCUT2D eigenvalue weighted by atomic mass is 16.5. The highest BCUT2D eigenvalue weighted by Crippen LogP contribution is 2.24. The number of hydrogen-bond acceptors (Lipinski definition) is 4. The molecule has 1 amide bonds. The second-order valence-corrected chi connectivity index (χ2v) is 5.91. The number of ether oxygens (including phenoxy) is 1. The quantitative estimate of drug-likeness (QED) is 0.871. The molecule has 6 nitrogen and oxygen atoms in total. The maximum atomic E-state index is 12.2. The number of pyridine rings is 1. The molecule has 1 heterocycles. The number of nitrogens with zero attached hydrogens (tertiary/aromatic N) is 1. The summed E-state index contributed by atoms with van der Waals surface area (Å²) >= 11 is 0. The van der Waals surface area contributed by atoms with Crippen molar-refractivity contribution in [1.29, 1.82) is 0 Å². The fourth-order valence-electron chi connectivity index (χ4n) is 2.58. The number of aromatic nitrogens is 1. The Labute approximate surface area is 129 Å². The first-order valence-electron chi connectivity index (χ1n) is 7.62. The number of carbonyl (C=O) groups excluding carboxylic acids is 1. The standard InChI is InChI=1S/C16H22N2O4/c1-10(2)22-14-8-5-12(9-17-14)15(19)18-13-6-3-11(4-7-13)16(20)21/h5,8-11,13H,3-4,6-7H2,1-2H3,(H,18,19)(H,20,21). The van der Waals surface area contributed by atoms with E-state index in [1.807, 2.05) is 13.8 Å². The predicted molar refractivity (Wildman–Crippen MR) is 80.8 cm³/mol. The number of nitrogens with one attached hydrogen (secondary N) is 1. The number of amides is 1. The maximum Gasteiger partial charge on any atom is 0.306 e. The Morgan fingerprint density at radius 3 is 2.45 bits per heavy atom. The first-order chi connectivity index (χ1) is 10.5. The molecular weight excluding hydrogens is 284 g/mol. The van der Waals surface area contributed by atoms with Crippen molar-refractivity contribution in [3.63, 3.8) is 0 Å². The molecule has 2 N–H and O–H groups in total. The van der Waals surface area contributed by atoms with Crippen LogP contribution in [0.4, 0.5) is 0 Å². The lowest BCUT2D eigenvalue weighted by Crippen LogP contribution is -2.38. The van der Waals surface area contributed by atoms with Crippen LogP contribution in [0.3, 0.4) is 0 Å². The lowest BCUT2D eigenvalue weighted by molar-refractivity contribution is -0.142. The summed E-state index contributed by atoms with van der Waals surface area (Å²) in [5.74, 6) is -0.701. The monoisotopic (exact) mass is 306 g/mol. The fraction of sp³-hybridized carbons (Fsp3) is 0.562. The summed E-state index contributed by atoms with van der Waals surface area (Å²) in [5.41, 5.74) is 0.483. The van der Waals surface area contributed by atoms with Gasteiger partial charge in [-0.1, -0.05) is 0 Å². The van der Waals surface area contributed by atoms with Crippen molar-refractivity contribution in [2.24, 2.45) is 5.92 Å². The van der Waals surface area contributed by atoms with Crippen LogP contribution in [-0.2, 0) is 4.79 Å². The van der Waals surface area contributed by atoms with Gasteiger partial charge in [0.1, 0.15) is 0 Å². The van der Waals surface area contributed by atoms with E-state index in [4.69, 9.17) is 9.84 Å².